The molecule has 1 fully saturated rings. The van der Waals surface area contributed by atoms with E-state index in [1.165, 1.54) is 11.3 Å². The number of aliphatic hydroxyl groups excluding tert-OH is 1. The average Bonchev–Trinajstić information content (AvgIpc) is 2.94. The van der Waals surface area contributed by atoms with Crippen molar-refractivity contribution in [3.05, 3.63) is 21.9 Å². The molecule has 2 rings (SSSR count). The smallest absolute Gasteiger partial charge is 0.0950 e. The molecule has 0 spiro atoms. The summed E-state index contributed by atoms with van der Waals surface area (Å²) < 4.78 is 0. The van der Waals surface area contributed by atoms with E-state index in [1.807, 2.05) is 0 Å². The minimum Gasteiger partial charge on any atom is -0.387 e. The standard InChI is InChI=1S/C16H27NOS/c1-11-7-8-16(9-11,10-17)14(18)12-5-6-13(19-12)15(2,3)4/h5-6,11,14,18H,7-10,17H2,1-4H3. The van der Waals surface area contributed by atoms with Crippen LogP contribution >= 0.6 is 11.3 Å². The van der Waals surface area contributed by atoms with Crippen molar-refractivity contribution in [2.45, 2.75) is 58.5 Å². The predicted octanol–water partition coefficient (Wildman–Crippen LogP) is 3.84. The van der Waals surface area contributed by atoms with Gasteiger partial charge in [-0.3, -0.25) is 0 Å². The topological polar surface area (TPSA) is 46.2 Å². The van der Waals surface area contributed by atoms with Crippen LogP contribution in [0.1, 0.15) is 62.8 Å². The van der Waals surface area contributed by atoms with E-state index in [0.717, 1.165) is 17.7 Å². The number of thiophene rings is 1. The van der Waals surface area contributed by atoms with E-state index in [1.54, 1.807) is 11.3 Å². The fraction of sp³-hybridized carbons (Fsp3) is 0.750. The van der Waals surface area contributed by atoms with Crippen LogP contribution in [0.3, 0.4) is 0 Å². The van der Waals surface area contributed by atoms with Gasteiger partial charge >= 0.3 is 0 Å². The normalized spacial score (nSPS) is 29.7. The maximum atomic E-state index is 10.8. The van der Waals surface area contributed by atoms with Gasteiger partial charge in [0.25, 0.3) is 0 Å². The molecule has 0 radical (unpaired) electrons. The Kier molecular flexibility index (Phi) is 4.10. The number of hydrogen-bond acceptors (Lipinski definition) is 3. The molecule has 3 unspecified atom stereocenters. The molecular weight excluding hydrogens is 254 g/mol. The van der Waals surface area contributed by atoms with Crippen LogP contribution in [0.15, 0.2) is 12.1 Å². The van der Waals surface area contributed by atoms with Gasteiger partial charge < -0.3 is 10.8 Å². The molecule has 1 aromatic rings. The van der Waals surface area contributed by atoms with Crippen LogP contribution in [-0.4, -0.2) is 11.7 Å². The molecule has 1 aliphatic rings. The Bertz CT molecular complexity index is 434. The first-order chi connectivity index (χ1) is 8.78. The minimum absolute atomic E-state index is 0.0978. The highest BCUT2D eigenvalue weighted by Gasteiger charge is 2.43. The molecule has 0 aliphatic heterocycles. The summed E-state index contributed by atoms with van der Waals surface area (Å²) in [5, 5.41) is 10.8. The molecule has 2 nitrogen and oxygen atoms in total. The molecule has 1 saturated carbocycles. The molecule has 0 bridgehead atoms. The lowest BCUT2D eigenvalue weighted by atomic mass is 9.79. The Balaban J connectivity index is 2.23. The molecule has 19 heavy (non-hydrogen) atoms. The Morgan fingerprint density at radius 2 is 2.16 bits per heavy atom. The van der Waals surface area contributed by atoms with E-state index in [-0.39, 0.29) is 10.8 Å². The van der Waals surface area contributed by atoms with Gasteiger partial charge in [0.15, 0.2) is 0 Å². The average molecular weight is 281 g/mol. The van der Waals surface area contributed by atoms with Crippen LogP contribution in [0, 0.1) is 11.3 Å². The molecule has 108 valence electrons. The summed E-state index contributed by atoms with van der Waals surface area (Å²) in [4.78, 5) is 2.42. The summed E-state index contributed by atoms with van der Waals surface area (Å²) in [5.41, 5.74) is 6.06. The highest BCUT2D eigenvalue weighted by Crippen LogP contribution is 2.50. The lowest BCUT2D eigenvalue weighted by molar-refractivity contribution is 0.0336. The molecule has 0 saturated heterocycles. The fourth-order valence-electron chi connectivity index (χ4n) is 3.18. The second-order valence-electron chi connectivity index (χ2n) is 7.27. The first kappa shape index (κ1) is 15.0. The Labute approximate surface area is 121 Å². The van der Waals surface area contributed by atoms with E-state index in [0.29, 0.717) is 12.5 Å². The third-order valence-corrected chi connectivity index (χ3v) is 6.08. The molecular formula is C16H27NOS. The van der Waals surface area contributed by atoms with Crippen molar-refractivity contribution in [3.63, 3.8) is 0 Å². The number of nitrogens with two attached hydrogens (primary N) is 1. The second-order valence-corrected chi connectivity index (χ2v) is 8.38. The van der Waals surface area contributed by atoms with E-state index in [2.05, 4.69) is 39.8 Å². The van der Waals surface area contributed by atoms with Gasteiger partial charge in [0.2, 0.25) is 0 Å². The van der Waals surface area contributed by atoms with Gasteiger partial charge in [-0.05, 0) is 36.3 Å². The molecule has 0 amide bonds. The highest BCUT2D eigenvalue weighted by molar-refractivity contribution is 7.12. The van der Waals surface area contributed by atoms with Crippen LogP contribution in [-0.2, 0) is 5.41 Å². The van der Waals surface area contributed by atoms with E-state index >= 15 is 0 Å². The van der Waals surface area contributed by atoms with E-state index in [9.17, 15) is 5.11 Å². The maximum absolute atomic E-state index is 10.8. The van der Waals surface area contributed by atoms with Crippen molar-refractivity contribution in [1.82, 2.24) is 0 Å². The van der Waals surface area contributed by atoms with Crippen LogP contribution in [0.2, 0.25) is 0 Å². The zero-order valence-electron chi connectivity index (χ0n) is 12.6. The second kappa shape index (κ2) is 5.19. The van der Waals surface area contributed by atoms with Gasteiger partial charge in [-0.25, -0.2) is 0 Å². The van der Waals surface area contributed by atoms with Crippen LogP contribution in [0.5, 0.6) is 0 Å². The van der Waals surface area contributed by atoms with Gasteiger partial charge in [-0.2, -0.15) is 0 Å². The molecule has 1 aliphatic carbocycles. The molecule has 3 N–H and O–H groups in total. The summed E-state index contributed by atoms with van der Waals surface area (Å²) >= 11 is 1.74. The van der Waals surface area contributed by atoms with E-state index in [4.69, 9.17) is 5.73 Å². The van der Waals surface area contributed by atoms with Crippen molar-refractivity contribution < 1.29 is 5.11 Å². The quantitative estimate of drug-likeness (QED) is 0.884. The van der Waals surface area contributed by atoms with Crippen molar-refractivity contribution >= 4 is 11.3 Å². The van der Waals surface area contributed by atoms with Crippen molar-refractivity contribution in [1.29, 1.82) is 0 Å². The predicted molar refractivity (Wildman–Crippen MR) is 82.5 cm³/mol. The highest BCUT2D eigenvalue weighted by atomic mass is 32.1. The summed E-state index contributed by atoms with van der Waals surface area (Å²) in [6.45, 7) is 9.49. The number of rotatable bonds is 3. The zero-order chi connectivity index (χ0) is 14.3. The fourth-order valence-corrected chi connectivity index (χ4v) is 4.38. The molecule has 3 heteroatoms. The summed E-state index contributed by atoms with van der Waals surface area (Å²) in [6, 6.07) is 4.25. The molecule has 0 aromatic carbocycles. The largest absolute Gasteiger partial charge is 0.387 e. The van der Waals surface area contributed by atoms with Gasteiger partial charge in [0.1, 0.15) is 0 Å². The van der Waals surface area contributed by atoms with Gasteiger partial charge in [0, 0.05) is 21.7 Å². The van der Waals surface area contributed by atoms with Crippen molar-refractivity contribution in [2.24, 2.45) is 17.1 Å². The van der Waals surface area contributed by atoms with Crippen LogP contribution in [0.25, 0.3) is 0 Å². The van der Waals surface area contributed by atoms with Gasteiger partial charge in [-0.15, -0.1) is 11.3 Å². The van der Waals surface area contributed by atoms with Gasteiger partial charge in [-0.1, -0.05) is 34.1 Å². The zero-order valence-corrected chi connectivity index (χ0v) is 13.4. The number of hydrogen-bond donors (Lipinski definition) is 2. The SMILES string of the molecule is CC1CCC(CN)(C(O)c2ccc(C(C)(C)C)s2)C1. The third kappa shape index (κ3) is 2.88. The summed E-state index contributed by atoms with van der Waals surface area (Å²) in [7, 11) is 0. The van der Waals surface area contributed by atoms with Crippen LogP contribution in [0.4, 0.5) is 0 Å². The monoisotopic (exact) mass is 281 g/mol. The lowest BCUT2D eigenvalue weighted by Gasteiger charge is -2.32. The molecule has 1 aromatic heterocycles. The maximum Gasteiger partial charge on any atom is 0.0950 e. The van der Waals surface area contributed by atoms with E-state index < -0.39 is 6.10 Å². The first-order valence-corrected chi connectivity index (χ1v) is 8.08. The minimum atomic E-state index is -0.399. The lowest BCUT2D eigenvalue weighted by Crippen LogP contribution is -2.34. The molecule has 3 atom stereocenters. The third-order valence-electron chi connectivity index (χ3n) is 4.51. The summed E-state index contributed by atoms with van der Waals surface area (Å²) in [5.74, 6) is 0.681. The first-order valence-electron chi connectivity index (χ1n) is 7.27. The summed E-state index contributed by atoms with van der Waals surface area (Å²) in [6.07, 6.45) is 2.89. The van der Waals surface area contributed by atoms with Crippen molar-refractivity contribution in [2.75, 3.05) is 6.54 Å². The van der Waals surface area contributed by atoms with Crippen molar-refractivity contribution in [3.8, 4) is 0 Å². The Morgan fingerprint density at radius 3 is 2.58 bits per heavy atom. The van der Waals surface area contributed by atoms with Gasteiger partial charge in [0.05, 0.1) is 6.10 Å². The van der Waals surface area contributed by atoms with Crippen LogP contribution < -0.4 is 5.73 Å². The number of aliphatic hydroxyl groups is 1. The molecule has 1 heterocycles. The Hall–Kier alpha value is -0.380. The Morgan fingerprint density at radius 1 is 1.47 bits per heavy atom.